The molecule has 2 heterocycles. The van der Waals surface area contributed by atoms with Gasteiger partial charge in [-0.15, -0.1) is 0 Å². The Balaban J connectivity index is 1.84. The smallest absolute Gasteiger partial charge is 0.255 e. The molecule has 0 saturated carbocycles. The van der Waals surface area contributed by atoms with Crippen LogP contribution in [0, 0.1) is 0 Å². The second-order valence-electron chi connectivity index (χ2n) is 5.62. The summed E-state index contributed by atoms with van der Waals surface area (Å²) in [6.45, 7) is 4.09. The predicted octanol–water partition coefficient (Wildman–Crippen LogP) is 4.04. The van der Waals surface area contributed by atoms with Crippen LogP contribution in [-0.4, -0.2) is 27.8 Å². The highest BCUT2D eigenvalue weighted by atomic mass is 79.9. The van der Waals surface area contributed by atoms with E-state index in [2.05, 4.69) is 31.3 Å². The van der Waals surface area contributed by atoms with E-state index in [-0.39, 0.29) is 11.9 Å². The third-order valence-corrected chi connectivity index (χ3v) is 4.21. The Labute approximate surface area is 148 Å². The normalized spacial score (nSPS) is 11.0. The maximum atomic E-state index is 12.4. The molecule has 24 heavy (non-hydrogen) atoms. The van der Waals surface area contributed by atoms with Gasteiger partial charge in [-0.3, -0.25) is 4.79 Å². The number of halogens is 1. The van der Waals surface area contributed by atoms with Crippen molar-refractivity contribution >= 4 is 38.6 Å². The maximum absolute atomic E-state index is 12.4. The van der Waals surface area contributed by atoms with Crippen molar-refractivity contribution in [2.45, 2.75) is 19.9 Å². The van der Waals surface area contributed by atoms with Crippen molar-refractivity contribution < 1.29 is 9.53 Å². The van der Waals surface area contributed by atoms with Crippen molar-refractivity contribution in [3.8, 4) is 5.75 Å². The molecule has 0 bridgehead atoms. The number of carbonyl (C=O) groups is 1. The summed E-state index contributed by atoms with van der Waals surface area (Å²) in [7, 11) is 1.58. The average molecular weight is 389 g/mol. The van der Waals surface area contributed by atoms with E-state index in [4.69, 9.17) is 4.74 Å². The quantitative estimate of drug-likeness (QED) is 0.732. The van der Waals surface area contributed by atoms with E-state index >= 15 is 0 Å². The first kappa shape index (κ1) is 16.4. The monoisotopic (exact) mass is 388 g/mol. The number of pyridine rings is 1. The number of nitrogens with zero attached hydrogens (tertiary/aromatic N) is 3. The summed E-state index contributed by atoms with van der Waals surface area (Å²) >= 11 is 3.38. The van der Waals surface area contributed by atoms with E-state index in [0.29, 0.717) is 17.0 Å². The minimum absolute atomic E-state index is 0.212. The molecule has 0 aliphatic rings. The van der Waals surface area contributed by atoms with Gasteiger partial charge in [0.15, 0.2) is 5.65 Å². The van der Waals surface area contributed by atoms with Crippen LogP contribution < -0.4 is 10.1 Å². The minimum Gasteiger partial charge on any atom is -0.496 e. The number of anilines is 1. The van der Waals surface area contributed by atoms with E-state index in [0.717, 1.165) is 15.5 Å². The molecule has 7 heteroatoms. The molecule has 1 amide bonds. The lowest BCUT2D eigenvalue weighted by molar-refractivity contribution is 0.102. The van der Waals surface area contributed by atoms with Crippen LogP contribution in [0.15, 0.2) is 41.1 Å². The summed E-state index contributed by atoms with van der Waals surface area (Å²) in [4.78, 5) is 16.8. The molecule has 1 N–H and O–H groups in total. The Kier molecular flexibility index (Phi) is 4.53. The van der Waals surface area contributed by atoms with Crippen molar-refractivity contribution in [3.05, 3.63) is 46.7 Å². The molecule has 0 spiro atoms. The van der Waals surface area contributed by atoms with Crippen LogP contribution in [-0.2, 0) is 0 Å². The summed E-state index contributed by atoms with van der Waals surface area (Å²) in [5.41, 5.74) is 1.96. The molecule has 124 valence electrons. The number of ether oxygens (including phenoxy) is 1. The van der Waals surface area contributed by atoms with Gasteiger partial charge in [0.25, 0.3) is 5.91 Å². The van der Waals surface area contributed by atoms with E-state index in [1.807, 2.05) is 24.6 Å². The highest BCUT2D eigenvalue weighted by Gasteiger charge is 2.12. The Hall–Kier alpha value is -2.41. The molecule has 6 nitrogen and oxygen atoms in total. The van der Waals surface area contributed by atoms with Crippen molar-refractivity contribution in [3.63, 3.8) is 0 Å². The summed E-state index contributed by atoms with van der Waals surface area (Å²) < 4.78 is 7.74. The fourth-order valence-corrected chi connectivity index (χ4v) is 2.94. The first-order chi connectivity index (χ1) is 11.5. The second kappa shape index (κ2) is 6.60. The van der Waals surface area contributed by atoms with Gasteiger partial charge in [-0.05, 0) is 54.0 Å². The topological polar surface area (TPSA) is 69.0 Å². The van der Waals surface area contributed by atoms with E-state index in [9.17, 15) is 4.79 Å². The van der Waals surface area contributed by atoms with Crippen LogP contribution in [0.5, 0.6) is 5.75 Å². The Morgan fingerprint density at radius 1 is 1.29 bits per heavy atom. The van der Waals surface area contributed by atoms with Gasteiger partial charge in [-0.1, -0.05) is 0 Å². The van der Waals surface area contributed by atoms with Crippen LogP contribution in [0.2, 0.25) is 0 Å². The van der Waals surface area contributed by atoms with Gasteiger partial charge in [0, 0.05) is 17.0 Å². The molecular weight excluding hydrogens is 372 g/mol. The van der Waals surface area contributed by atoms with Crippen LogP contribution >= 0.6 is 15.9 Å². The van der Waals surface area contributed by atoms with Gasteiger partial charge >= 0.3 is 0 Å². The highest BCUT2D eigenvalue weighted by Crippen LogP contribution is 2.26. The maximum Gasteiger partial charge on any atom is 0.255 e. The molecule has 3 rings (SSSR count). The molecule has 0 aliphatic heterocycles. The zero-order chi connectivity index (χ0) is 17.3. The molecular formula is C17H17BrN4O2. The molecule has 0 radical (unpaired) electrons. The number of nitrogens with one attached hydrogen (secondary N) is 1. The first-order valence-electron chi connectivity index (χ1n) is 7.47. The summed E-state index contributed by atoms with van der Waals surface area (Å²) in [6.07, 6.45) is 3.39. The van der Waals surface area contributed by atoms with Crippen molar-refractivity contribution in [1.82, 2.24) is 14.8 Å². The average Bonchev–Trinajstić information content (AvgIpc) is 2.98. The third kappa shape index (κ3) is 3.12. The van der Waals surface area contributed by atoms with E-state index < -0.39 is 0 Å². The molecule has 0 unspecified atom stereocenters. The van der Waals surface area contributed by atoms with E-state index in [1.54, 1.807) is 37.7 Å². The summed E-state index contributed by atoms with van der Waals surface area (Å²) in [5.74, 6) is 0.464. The number of methoxy groups -OCH3 is 1. The van der Waals surface area contributed by atoms with Crippen molar-refractivity contribution in [1.29, 1.82) is 0 Å². The van der Waals surface area contributed by atoms with Gasteiger partial charge in [0.1, 0.15) is 5.75 Å². The van der Waals surface area contributed by atoms with Crippen molar-refractivity contribution in [2.75, 3.05) is 12.4 Å². The standard InChI is InChI=1S/C17H17BrN4O2/c1-10(2)22-16-12(8-20-22)6-13(9-19-16)21-17(23)11-4-5-15(24-3)14(18)7-11/h4-10H,1-3H3,(H,21,23). The Bertz CT molecular complexity index is 905. The minimum atomic E-state index is -0.212. The molecule has 0 fully saturated rings. The number of fused-ring (bicyclic) bond motifs is 1. The molecule has 0 aliphatic carbocycles. The fraction of sp³-hybridized carbons (Fsp3) is 0.235. The van der Waals surface area contributed by atoms with E-state index in [1.165, 1.54) is 0 Å². The number of carbonyl (C=O) groups excluding carboxylic acids is 1. The largest absolute Gasteiger partial charge is 0.496 e. The van der Waals surface area contributed by atoms with Gasteiger partial charge in [0.2, 0.25) is 0 Å². The SMILES string of the molecule is COc1ccc(C(=O)Nc2cnc3c(cnn3C(C)C)c2)cc1Br. The Morgan fingerprint density at radius 3 is 2.75 bits per heavy atom. The first-order valence-corrected chi connectivity index (χ1v) is 8.27. The predicted molar refractivity (Wildman–Crippen MR) is 96.6 cm³/mol. The van der Waals surface area contributed by atoms with Gasteiger partial charge in [-0.2, -0.15) is 5.10 Å². The molecule has 0 saturated heterocycles. The zero-order valence-electron chi connectivity index (χ0n) is 13.6. The lowest BCUT2D eigenvalue weighted by Crippen LogP contribution is -2.12. The van der Waals surface area contributed by atoms with Gasteiger partial charge < -0.3 is 10.1 Å². The van der Waals surface area contributed by atoms with Crippen LogP contribution in [0.25, 0.3) is 11.0 Å². The van der Waals surface area contributed by atoms with Crippen LogP contribution in [0.1, 0.15) is 30.2 Å². The zero-order valence-corrected chi connectivity index (χ0v) is 15.2. The lowest BCUT2D eigenvalue weighted by atomic mass is 10.2. The van der Waals surface area contributed by atoms with Crippen molar-refractivity contribution in [2.24, 2.45) is 0 Å². The number of benzene rings is 1. The van der Waals surface area contributed by atoms with Crippen LogP contribution in [0.4, 0.5) is 5.69 Å². The summed E-state index contributed by atoms with van der Waals surface area (Å²) in [5, 5.41) is 8.07. The number of hydrogen-bond acceptors (Lipinski definition) is 4. The van der Waals surface area contributed by atoms with Crippen LogP contribution in [0.3, 0.4) is 0 Å². The highest BCUT2D eigenvalue weighted by molar-refractivity contribution is 9.10. The number of amides is 1. The lowest BCUT2D eigenvalue weighted by Gasteiger charge is -2.09. The molecule has 2 aromatic heterocycles. The van der Waals surface area contributed by atoms with Gasteiger partial charge in [0.05, 0.1) is 29.7 Å². The Morgan fingerprint density at radius 2 is 2.08 bits per heavy atom. The second-order valence-corrected chi connectivity index (χ2v) is 6.48. The molecule has 1 aromatic carbocycles. The fourth-order valence-electron chi connectivity index (χ4n) is 2.40. The number of aromatic nitrogens is 3. The molecule has 0 atom stereocenters. The van der Waals surface area contributed by atoms with Gasteiger partial charge in [-0.25, -0.2) is 9.67 Å². The third-order valence-electron chi connectivity index (χ3n) is 3.59. The number of rotatable bonds is 4. The number of hydrogen-bond donors (Lipinski definition) is 1. The molecule has 3 aromatic rings. The summed E-state index contributed by atoms with van der Waals surface area (Å²) in [6, 6.07) is 7.27.